The van der Waals surface area contributed by atoms with Crippen LogP contribution in [0.15, 0.2) is 53.3 Å². The number of amides is 1. The quantitative estimate of drug-likeness (QED) is 0.696. The summed E-state index contributed by atoms with van der Waals surface area (Å²) in [5.74, 6) is 1.44. The Hall–Kier alpha value is -3.26. The van der Waals surface area contributed by atoms with Crippen LogP contribution < -0.4 is 10.1 Å². The highest BCUT2D eigenvalue weighted by atomic mass is 16.5. The molecular formula is C18H19N5O3. The summed E-state index contributed by atoms with van der Waals surface area (Å²) in [7, 11) is 3.39. The van der Waals surface area contributed by atoms with Crippen molar-refractivity contribution in [1.82, 2.24) is 20.0 Å². The zero-order valence-electron chi connectivity index (χ0n) is 14.5. The number of likely N-dealkylation sites (N-methyl/N-ethyl adjacent to an activating group) is 1. The van der Waals surface area contributed by atoms with E-state index in [1.54, 1.807) is 49.7 Å². The highest BCUT2D eigenvalue weighted by molar-refractivity contribution is 5.92. The molecule has 1 aromatic carbocycles. The van der Waals surface area contributed by atoms with Gasteiger partial charge in [-0.2, -0.15) is 4.98 Å². The van der Waals surface area contributed by atoms with Crippen LogP contribution in [-0.4, -0.2) is 46.6 Å². The zero-order chi connectivity index (χ0) is 18.4. The normalized spacial score (nSPS) is 10.7. The predicted molar refractivity (Wildman–Crippen MR) is 95.5 cm³/mol. The molecule has 0 unspecified atom stereocenters. The van der Waals surface area contributed by atoms with Gasteiger partial charge >= 0.3 is 0 Å². The average Bonchev–Trinajstić information content (AvgIpc) is 3.10. The van der Waals surface area contributed by atoms with Crippen LogP contribution in [-0.2, 0) is 11.3 Å². The molecule has 8 heteroatoms. The molecule has 0 saturated heterocycles. The van der Waals surface area contributed by atoms with Gasteiger partial charge in [0.2, 0.25) is 17.6 Å². The molecule has 0 spiro atoms. The van der Waals surface area contributed by atoms with E-state index >= 15 is 0 Å². The molecule has 0 radical (unpaired) electrons. The first-order chi connectivity index (χ1) is 12.6. The van der Waals surface area contributed by atoms with Crippen molar-refractivity contribution in [2.45, 2.75) is 6.54 Å². The average molecular weight is 353 g/mol. The molecule has 2 aromatic heterocycles. The maximum atomic E-state index is 12.2. The topological polar surface area (TPSA) is 93.4 Å². The molecule has 1 amide bonds. The second-order valence-electron chi connectivity index (χ2n) is 5.71. The van der Waals surface area contributed by atoms with Gasteiger partial charge in [-0.25, -0.2) is 0 Å². The molecule has 0 aliphatic carbocycles. The number of hydrogen-bond acceptors (Lipinski definition) is 7. The number of methoxy groups -OCH3 is 1. The number of nitrogens with zero attached hydrogens (tertiary/aromatic N) is 4. The summed E-state index contributed by atoms with van der Waals surface area (Å²) in [5.41, 5.74) is 1.46. The Bertz CT molecular complexity index is 866. The van der Waals surface area contributed by atoms with Crippen molar-refractivity contribution in [1.29, 1.82) is 0 Å². The third-order valence-electron chi connectivity index (χ3n) is 3.56. The van der Waals surface area contributed by atoms with Gasteiger partial charge in [-0.3, -0.25) is 14.7 Å². The van der Waals surface area contributed by atoms with E-state index in [2.05, 4.69) is 20.4 Å². The summed E-state index contributed by atoms with van der Waals surface area (Å²) in [6.45, 7) is 0.542. The molecule has 134 valence electrons. The van der Waals surface area contributed by atoms with E-state index in [-0.39, 0.29) is 12.5 Å². The molecule has 0 bridgehead atoms. The first-order valence-corrected chi connectivity index (χ1v) is 7.99. The number of anilines is 1. The second kappa shape index (κ2) is 8.21. The van der Waals surface area contributed by atoms with E-state index < -0.39 is 0 Å². The van der Waals surface area contributed by atoms with Crippen molar-refractivity contribution >= 4 is 11.6 Å². The Morgan fingerprint density at radius 1 is 1.31 bits per heavy atom. The summed E-state index contributed by atoms with van der Waals surface area (Å²) in [4.78, 5) is 22.3. The van der Waals surface area contributed by atoms with Gasteiger partial charge in [0.15, 0.2) is 0 Å². The molecule has 0 saturated carbocycles. The van der Waals surface area contributed by atoms with Gasteiger partial charge in [-0.15, -0.1) is 0 Å². The molecule has 3 rings (SSSR count). The Kier molecular flexibility index (Phi) is 5.55. The lowest BCUT2D eigenvalue weighted by atomic mass is 10.3. The van der Waals surface area contributed by atoms with Gasteiger partial charge in [-0.05, 0) is 31.3 Å². The minimum absolute atomic E-state index is 0.146. The van der Waals surface area contributed by atoms with Gasteiger partial charge < -0.3 is 14.6 Å². The fourth-order valence-electron chi connectivity index (χ4n) is 2.36. The van der Waals surface area contributed by atoms with Crippen LogP contribution in [0.5, 0.6) is 5.75 Å². The first kappa shape index (κ1) is 17.6. The van der Waals surface area contributed by atoms with Gasteiger partial charge in [-0.1, -0.05) is 11.2 Å². The van der Waals surface area contributed by atoms with E-state index in [9.17, 15) is 4.79 Å². The minimum atomic E-state index is -0.146. The Balaban J connectivity index is 1.54. The van der Waals surface area contributed by atoms with E-state index in [4.69, 9.17) is 9.26 Å². The van der Waals surface area contributed by atoms with E-state index in [0.29, 0.717) is 29.7 Å². The number of carbonyl (C=O) groups excluding carboxylic acids is 1. The number of benzene rings is 1. The maximum Gasteiger partial charge on any atom is 0.241 e. The molecule has 2 heterocycles. The lowest BCUT2D eigenvalue weighted by molar-refractivity contribution is -0.117. The molecule has 8 nitrogen and oxygen atoms in total. The van der Waals surface area contributed by atoms with Gasteiger partial charge in [0.25, 0.3) is 0 Å². The smallest absolute Gasteiger partial charge is 0.241 e. The number of pyridine rings is 1. The number of nitrogens with one attached hydrogen (secondary N) is 1. The zero-order valence-corrected chi connectivity index (χ0v) is 14.5. The molecule has 26 heavy (non-hydrogen) atoms. The summed E-state index contributed by atoms with van der Waals surface area (Å²) in [6.07, 6.45) is 3.35. The van der Waals surface area contributed by atoms with Crippen LogP contribution in [0, 0.1) is 0 Å². The number of hydrogen-bond donors (Lipinski definition) is 1. The van der Waals surface area contributed by atoms with Crippen LogP contribution in [0.4, 0.5) is 5.69 Å². The van der Waals surface area contributed by atoms with Crippen LogP contribution in [0.25, 0.3) is 11.4 Å². The van der Waals surface area contributed by atoms with Gasteiger partial charge in [0.1, 0.15) is 5.75 Å². The number of rotatable bonds is 7. The van der Waals surface area contributed by atoms with Crippen molar-refractivity contribution in [2.75, 3.05) is 26.0 Å². The third kappa shape index (κ3) is 4.64. The van der Waals surface area contributed by atoms with Crippen molar-refractivity contribution in [3.63, 3.8) is 0 Å². The SMILES string of the molecule is COc1cccc(NC(=O)CN(C)Cc2nc(-c3cccnc3)no2)c1. The summed E-state index contributed by atoms with van der Waals surface area (Å²) in [6, 6.07) is 10.9. The van der Waals surface area contributed by atoms with Crippen LogP contribution in [0.2, 0.25) is 0 Å². The summed E-state index contributed by atoms with van der Waals surface area (Å²) >= 11 is 0. The molecular weight excluding hydrogens is 334 g/mol. The first-order valence-electron chi connectivity index (χ1n) is 7.99. The van der Waals surface area contributed by atoms with E-state index in [1.165, 1.54) is 0 Å². The van der Waals surface area contributed by atoms with Crippen molar-refractivity contribution in [3.05, 3.63) is 54.7 Å². The monoisotopic (exact) mass is 353 g/mol. The Morgan fingerprint density at radius 3 is 2.96 bits per heavy atom. The second-order valence-corrected chi connectivity index (χ2v) is 5.71. The molecule has 0 aliphatic heterocycles. The minimum Gasteiger partial charge on any atom is -0.497 e. The molecule has 0 atom stereocenters. The third-order valence-corrected chi connectivity index (χ3v) is 3.56. The largest absolute Gasteiger partial charge is 0.497 e. The van der Waals surface area contributed by atoms with Gasteiger partial charge in [0.05, 0.1) is 20.2 Å². The highest BCUT2D eigenvalue weighted by Gasteiger charge is 2.13. The van der Waals surface area contributed by atoms with Gasteiger partial charge in [0, 0.05) is 29.7 Å². The lowest BCUT2D eigenvalue weighted by Gasteiger charge is -2.14. The van der Waals surface area contributed by atoms with E-state index in [1.807, 2.05) is 18.2 Å². The standard InChI is InChI=1S/C18H19N5O3/c1-23(11-16(24)20-14-6-3-7-15(9-14)25-2)12-17-21-18(22-26-17)13-5-4-8-19-10-13/h3-10H,11-12H2,1-2H3,(H,20,24). The number of carbonyl (C=O) groups is 1. The number of aromatic nitrogens is 3. The highest BCUT2D eigenvalue weighted by Crippen LogP contribution is 2.17. The van der Waals surface area contributed by atoms with E-state index in [0.717, 1.165) is 5.56 Å². The molecule has 3 aromatic rings. The fraction of sp³-hybridized carbons (Fsp3) is 0.222. The number of ether oxygens (including phenoxy) is 1. The Morgan fingerprint density at radius 2 is 2.19 bits per heavy atom. The maximum absolute atomic E-state index is 12.2. The Labute approximate surface area is 150 Å². The van der Waals surface area contributed by atoms with Crippen LogP contribution in [0.3, 0.4) is 0 Å². The van der Waals surface area contributed by atoms with Crippen molar-refractivity contribution in [3.8, 4) is 17.1 Å². The van der Waals surface area contributed by atoms with Crippen molar-refractivity contribution < 1.29 is 14.1 Å². The summed E-state index contributed by atoms with van der Waals surface area (Å²) < 4.78 is 10.4. The molecule has 0 aliphatic rings. The molecule has 1 N–H and O–H groups in total. The summed E-state index contributed by atoms with van der Waals surface area (Å²) in [5, 5.41) is 6.77. The van der Waals surface area contributed by atoms with Crippen molar-refractivity contribution in [2.24, 2.45) is 0 Å². The lowest BCUT2D eigenvalue weighted by Crippen LogP contribution is -2.29. The van der Waals surface area contributed by atoms with Crippen LogP contribution >= 0.6 is 0 Å². The van der Waals surface area contributed by atoms with Crippen LogP contribution in [0.1, 0.15) is 5.89 Å². The fourth-order valence-corrected chi connectivity index (χ4v) is 2.36. The molecule has 0 fully saturated rings. The predicted octanol–water partition coefficient (Wildman–Crippen LogP) is 2.21.